The van der Waals surface area contributed by atoms with Gasteiger partial charge in [-0.2, -0.15) is 18.4 Å². The van der Waals surface area contributed by atoms with E-state index in [9.17, 15) is 32.8 Å². The highest BCUT2D eigenvalue weighted by Gasteiger charge is 2.52. The summed E-state index contributed by atoms with van der Waals surface area (Å²) in [6.07, 6.45) is 0.0240. The van der Waals surface area contributed by atoms with E-state index in [-0.39, 0.29) is 34.9 Å². The minimum Gasteiger partial charge on any atom is -0.350 e. The zero-order chi connectivity index (χ0) is 24.0. The summed E-state index contributed by atoms with van der Waals surface area (Å²) in [5.41, 5.74) is -1.67. The van der Waals surface area contributed by atoms with Crippen LogP contribution in [0, 0.1) is 22.7 Å². The highest BCUT2D eigenvalue weighted by Crippen LogP contribution is 2.49. The zero-order valence-corrected chi connectivity index (χ0v) is 18.1. The van der Waals surface area contributed by atoms with Gasteiger partial charge >= 0.3 is 6.18 Å². The van der Waals surface area contributed by atoms with Crippen LogP contribution in [0.4, 0.5) is 13.2 Å². The van der Waals surface area contributed by atoms with E-state index in [1.54, 1.807) is 0 Å². The lowest BCUT2D eigenvalue weighted by molar-refractivity contribution is -0.140. The van der Waals surface area contributed by atoms with Crippen LogP contribution in [-0.2, 0) is 15.8 Å². The SMILES string of the molecule is CC1(C[C@H](NC(=O)c2ccc(C(F)(F)F)[nH]2)C(=O)N[C@H](C#N)C[C@@H]2CC3(CC3)NC2=O)CC1. The van der Waals surface area contributed by atoms with Crippen molar-refractivity contribution in [2.24, 2.45) is 11.3 Å². The Morgan fingerprint density at radius 2 is 1.94 bits per heavy atom. The number of aromatic nitrogens is 1. The molecule has 4 rings (SSSR count). The van der Waals surface area contributed by atoms with E-state index in [2.05, 4.69) is 16.0 Å². The number of rotatable bonds is 8. The summed E-state index contributed by atoms with van der Waals surface area (Å²) < 4.78 is 38.5. The number of hydrogen-bond donors (Lipinski definition) is 4. The lowest BCUT2D eigenvalue weighted by Gasteiger charge is -2.23. The first-order valence-electron chi connectivity index (χ1n) is 11.0. The number of nitriles is 1. The number of hydrogen-bond acceptors (Lipinski definition) is 4. The molecule has 0 unspecified atom stereocenters. The van der Waals surface area contributed by atoms with Crippen molar-refractivity contribution in [2.45, 2.75) is 75.7 Å². The van der Waals surface area contributed by atoms with E-state index >= 15 is 0 Å². The fourth-order valence-electron chi connectivity index (χ4n) is 4.40. The van der Waals surface area contributed by atoms with Crippen molar-refractivity contribution in [1.29, 1.82) is 5.26 Å². The maximum Gasteiger partial charge on any atom is 0.431 e. The minimum absolute atomic E-state index is 0.121. The molecule has 33 heavy (non-hydrogen) atoms. The summed E-state index contributed by atoms with van der Waals surface area (Å²) in [6, 6.07) is 1.84. The van der Waals surface area contributed by atoms with E-state index in [4.69, 9.17) is 0 Å². The number of H-pyrrole nitrogens is 1. The molecule has 0 bridgehead atoms. The van der Waals surface area contributed by atoms with Crippen LogP contribution in [0.1, 0.15) is 68.1 Å². The first-order valence-corrected chi connectivity index (χ1v) is 11.0. The summed E-state index contributed by atoms with van der Waals surface area (Å²) in [5, 5.41) is 17.6. The molecular formula is C22H26F3N5O3. The number of aromatic amines is 1. The standard InChI is InChI=1S/C22H26F3N5O3/c1-20(4-5-20)10-15(29-18(32)14-2-3-16(28-14)22(23,24)25)19(33)27-13(11-26)8-12-9-21(6-7-21)30-17(12)31/h2-3,12-13,15,28H,4-10H2,1H3,(H,27,33)(H,29,32)(H,30,31)/t12-,13+,15+/m1/s1. The van der Waals surface area contributed by atoms with Gasteiger partial charge in [-0.3, -0.25) is 14.4 Å². The van der Waals surface area contributed by atoms with Gasteiger partial charge in [0.1, 0.15) is 23.5 Å². The third kappa shape index (κ3) is 5.31. The smallest absolute Gasteiger partial charge is 0.350 e. The van der Waals surface area contributed by atoms with Gasteiger partial charge in [-0.15, -0.1) is 0 Å². The Balaban J connectivity index is 1.40. The maximum absolute atomic E-state index is 13.0. The van der Waals surface area contributed by atoms with E-state index in [1.165, 1.54) is 0 Å². The zero-order valence-electron chi connectivity index (χ0n) is 18.1. The molecule has 1 aromatic rings. The highest BCUT2D eigenvalue weighted by atomic mass is 19.4. The summed E-state index contributed by atoms with van der Waals surface area (Å²) >= 11 is 0. The number of amides is 3. The Kier molecular flexibility index (Phi) is 5.66. The molecule has 2 heterocycles. The third-order valence-corrected chi connectivity index (χ3v) is 6.90. The Bertz CT molecular complexity index is 1000. The van der Waals surface area contributed by atoms with Crippen molar-refractivity contribution in [3.8, 4) is 6.07 Å². The lowest BCUT2D eigenvalue weighted by Crippen LogP contribution is -2.50. The Labute approximate surface area is 188 Å². The predicted octanol–water partition coefficient (Wildman–Crippen LogP) is 2.39. The molecule has 1 spiro atoms. The van der Waals surface area contributed by atoms with Crippen LogP contribution in [0.2, 0.25) is 0 Å². The third-order valence-electron chi connectivity index (χ3n) is 6.90. The fraction of sp³-hybridized carbons (Fsp3) is 0.636. The van der Waals surface area contributed by atoms with Gasteiger partial charge in [0.25, 0.3) is 5.91 Å². The molecule has 1 saturated heterocycles. The number of carbonyl (C=O) groups is 3. The second-order valence-electron chi connectivity index (χ2n) is 9.92. The lowest BCUT2D eigenvalue weighted by atomic mass is 9.95. The second kappa shape index (κ2) is 8.08. The normalized spacial score (nSPS) is 23.8. The van der Waals surface area contributed by atoms with Gasteiger partial charge in [0, 0.05) is 11.5 Å². The van der Waals surface area contributed by atoms with Crippen LogP contribution in [0.15, 0.2) is 12.1 Å². The van der Waals surface area contributed by atoms with Gasteiger partial charge in [0.05, 0.1) is 6.07 Å². The van der Waals surface area contributed by atoms with Gasteiger partial charge in [0.15, 0.2) is 0 Å². The van der Waals surface area contributed by atoms with Crippen LogP contribution >= 0.6 is 0 Å². The molecule has 11 heteroatoms. The summed E-state index contributed by atoms with van der Waals surface area (Å²) in [5.74, 6) is -1.92. The molecule has 8 nitrogen and oxygen atoms in total. The molecule has 3 aliphatic rings. The maximum atomic E-state index is 13.0. The molecule has 3 atom stereocenters. The van der Waals surface area contributed by atoms with Gasteiger partial charge in [-0.1, -0.05) is 6.92 Å². The topological polar surface area (TPSA) is 127 Å². The molecule has 3 fully saturated rings. The van der Waals surface area contributed by atoms with Crippen LogP contribution in [0.25, 0.3) is 0 Å². The van der Waals surface area contributed by atoms with Crippen LogP contribution < -0.4 is 16.0 Å². The van der Waals surface area contributed by atoms with E-state index in [0.717, 1.165) is 37.8 Å². The van der Waals surface area contributed by atoms with E-state index in [0.29, 0.717) is 12.8 Å². The van der Waals surface area contributed by atoms with Crippen molar-refractivity contribution < 1.29 is 27.6 Å². The molecular weight excluding hydrogens is 439 g/mol. The number of halogens is 3. The molecule has 1 aromatic heterocycles. The number of nitrogens with one attached hydrogen (secondary N) is 4. The van der Waals surface area contributed by atoms with Crippen LogP contribution in [0.5, 0.6) is 0 Å². The quantitative estimate of drug-likeness (QED) is 0.470. The first kappa shape index (κ1) is 23.1. The summed E-state index contributed by atoms with van der Waals surface area (Å²) in [6.45, 7) is 1.95. The number of alkyl halides is 3. The largest absolute Gasteiger partial charge is 0.431 e. The summed E-state index contributed by atoms with van der Waals surface area (Å²) in [4.78, 5) is 39.8. The molecule has 1 aliphatic heterocycles. The molecule has 178 valence electrons. The predicted molar refractivity (Wildman–Crippen MR) is 109 cm³/mol. The molecule has 0 radical (unpaired) electrons. The molecule has 2 saturated carbocycles. The molecule has 4 N–H and O–H groups in total. The molecule has 0 aromatic carbocycles. The fourth-order valence-corrected chi connectivity index (χ4v) is 4.40. The number of carbonyl (C=O) groups excluding carboxylic acids is 3. The highest BCUT2D eigenvalue weighted by molar-refractivity contribution is 5.96. The van der Waals surface area contributed by atoms with Crippen molar-refractivity contribution in [3.63, 3.8) is 0 Å². The molecule has 3 amide bonds. The van der Waals surface area contributed by atoms with Crippen LogP contribution in [-0.4, -0.2) is 40.3 Å². The minimum atomic E-state index is -4.62. The van der Waals surface area contributed by atoms with Crippen molar-refractivity contribution in [1.82, 2.24) is 20.9 Å². The Hall–Kier alpha value is -3.03. The van der Waals surface area contributed by atoms with Crippen LogP contribution in [0.3, 0.4) is 0 Å². The van der Waals surface area contributed by atoms with E-state index < -0.39 is 35.8 Å². The molecule has 2 aliphatic carbocycles. The monoisotopic (exact) mass is 465 g/mol. The average molecular weight is 465 g/mol. The van der Waals surface area contributed by atoms with Crippen molar-refractivity contribution in [2.75, 3.05) is 0 Å². The second-order valence-corrected chi connectivity index (χ2v) is 9.92. The average Bonchev–Trinajstić information content (AvgIpc) is 3.54. The van der Waals surface area contributed by atoms with Gasteiger partial charge < -0.3 is 20.9 Å². The van der Waals surface area contributed by atoms with Gasteiger partial charge in [-0.25, -0.2) is 0 Å². The Morgan fingerprint density at radius 3 is 2.45 bits per heavy atom. The first-order chi connectivity index (χ1) is 15.4. The summed E-state index contributed by atoms with van der Waals surface area (Å²) in [7, 11) is 0. The van der Waals surface area contributed by atoms with E-state index in [1.807, 2.05) is 18.0 Å². The Morgan fingerprint density at radius 1 is 1.24 bits per heavy atom. The van der Waals surface area contributed by atoms with Gasteiger partial charge in [-0.05, 0) is 62.5 Å². The van der Waals surface area contributed by atoms with Crippen molar-refractivity contribution >= 4 is 17.7 Å². The number of nitrogens with zero attached hydrogens (tertiary/aromatic N) is 1. The van der Waals surface area contributed by atoms with Crippen molar-refractivity contribution in [3.05, 3.63) is 23.5 Å². The van der Waals surface area contributed by atoms with Gasteiger partial charge in [0.2, 0.25) is 11.8 Å².